The summed E-state index contributed by atoms with van der Waals surface area (Å²) in [6, 6.07) is 5.69. The van der Waals surface area contributed by atoms with Crippen LogP contribution in [0.4, 0.5) is 0 Å². The van der Waals surface area contributed by atoms with Crippen molar-refractivity contribution in [3.63, 3.8) is 0 Å². The van der Waals surface area contributed by atoms with E-state index < -0.39 is 11.9 Å². The molecule has 0 aliphatic heterocycles. The van der Waals surface area contributed by atoms with Crippen molar-refractivity contribution in [2.75, 3.05) is 0 Å². The molecule has 3 rings (SSSR count). The van der Waals surface area contributed by atoms with Crippen LogP contribution in [0, 0.1) is 11.8 Å². The molecular weight excluding hydrogens is 266 g/mol. The molecule has 100 valence electrons. The molecule has 1 aromatic carbocycles. The number of hydrogen-bond acceptors (Lipinski definition) is 2. The first-order chi connectivity index (χ1) is 9.06. The van der Waals surface area contributed by atoms with Crippen LogP contribution in [0.3, 0.4) is 0 Å². The Morgan fingerprint density at radius 3 is 2.79 bits per heavy atom. The molecule has 0 radical (unpaired) electrons. The van der Waals surface area contributed by atoms with Gasteiger partial charge in [-0.15, -0.1) is 0 Å². The Kier molecular flexibility index (Phi) is 2.97. The number of carboxylic acids is 1. The van der Waals surface area contributed by atoms with Gasteiger partial charge in [0.1, 0.15) is 0 Å². The molecule has 1 saturated carbocycles. The highest BCUT2D eigenvalue weighted by molar-refractivity contribution is 6.30. The van der Waals surface area contributed by atoms with Crippen LogP contribution in [0.1, 0.15) is 30.0 Å². The van der Waals surface area contributed by atoms with E-state index >= 15 is 0 Å². The Morgan fingerprint density at radius 1 is 1.32 bits per heavy atom. The van der Waals surface area contributed by atoms with Gasteiger partial charge in [-0.25, -0.2) is 0 Å². The lowest BCUT2D eigenvalue weighted by Gasteiger charge is -2.14. The second-order valence-electron chi connectivity index (χ2n) is 5.23. The van der Waals surface area contributed by atoms with Gasteiger partial charge < -0.3 is 10.4 Å². The first-order valence-electron chi connectivity index (χ1n) is 6.38. The van der Waals surface area contributed by atoms with Gasteiger partial charge in [-0.05, 0) is 42.5 Å². The Morgan fingerprint density at radius 2 is 2.11 bits per heavy atom. The van der Waals surface area contributed by atoms with Gasteiger partial charge in [-0.2, -0.15) is 0 Å². The van der Waals surface area contributed by atoms with E-state index in [-0.39, 0.29) is 17.9 Å². The lowest BCUT2D eigenvalue weighted by atomic mass is 10.1. The summed E-state index contributed by atoms with van der Waals surface area (Å²) in [7, 11) is 0. The summed E-state index contributed by atoms with van der Waals surface area (Å²) in [5.74, 6) is -1.86. The maximum atomic E-state index is 12.0. The second kappa shape index (κ2) is 4.53. The van der Waals surface area contributed by atoms with E-state index in [9.17, 15) is 9.59 Å². The van der Waals surface area contributed by atoms with Crippen LogP contribution >= 0.6 is 11.6 Å². The Hall–Kier alpha value is -1.55. The summed E-state index contributed by atoms with van der Waals surface area (Å²) < 4.78 is 0. The van der Waals surface area contributed by atoms with E-state index in [1.165, 1.54) is 5.56 Å². The van der Waals surface area contributed by atoms with Crippen LogP contribution in [-0.2, 0) is 16.0 Å². The minimum Gasteiger partial charge on any atom is -0.481 e. The SMILES string of the molecule is O=C(N[C@@H]1CCc2cc(Cl)ccc21)[C@H]1C[C@H]1C(=O)O. The smallest absolute Gasteiger partial charge is 0.307 e. The molecule has 2 N–H and O–H groups in total. The predicted molar refractivity (Wildman–Crippen MR) is 69.9 cm³/mol. The quantitative estimate of drug-likeness (QED) is 0.891. The Labute approximate surface area is 115 Å². The summed E-state index contributed by atoms with van der Waals surface area (Å²) in [5.41, 5.74) is 2.27. The van der Waals surface area contributed by atoms with Crippen LogP contribution in [0.25, 0.3) is 0 Å². The predicted octanol–water partition coefficient (Wildman–Crippen LogP) is 2.16. The highest BCUT2D eigenvalue weighted by Gasteiger charge is 2.48. The molecule has 2 aliphatic rings. The topological polar surface area (TPSA) is 66.4 Å². The third-order valence-corrected chi connectivity index (χ3v) is 4.18. The zero-order valence-corrected chi connectivity index (χ0v) is 11.0. The summed E-state index contributed by atoms with van der Waals surface area (Å²) in [5, 5.41) is 12.5. The molecule has 0 saturated heterocycles. The number of carbonyl (C=O) groups is 2. The normalized spacial score (nSPS) is 27.7. The van der Waals surface area contributed by atoms with Crippen molar-refractivity contribution in [1.29, 1.82) is 0 Å². The monoisotopic (exact) mass is 279 g/mol. The number of amides is 1. The highest BCUT2D eigenvalue weighted by Crippen LogP contribution is 2.40. The molecule has 1 fully saturated rings. The molecule has 2 aliphatic carbocycles. The van der Waals surface area contributed by atoms with Gasteiger partial charge in [-0.3, -0.25) is 9.59 Å². The fraction of sp³-hybridized carbons (Fsp3) is 0.429. The molecule has 1 aromatic rings. The van der Waals surface area contributed by atoms with E-state index in [1.54, 1.807) is 0 Å². The number of rotatable bonds is 3. The molecule has 5 heteroatoms. The van der Waals surface area contributed by atoms with E-state index in [1.807, 2.05) is 18.2 Å². The molecule has 4 nitrogen and oxygen atoms in total. The van der Waals surface area contributed by atoms with Gasteiger partial charge in [0.25, 0.3) is 0 Å². The van der Waals surface area contributed by atoms with Gasteiger partial charge in [-0.1, -0.05) is 17.7 Å². The molecule has 0 heterocycles. The number of hydrogen-bond donors (Lipinski definition) is 2. The zero-order chi connectivity index (χ0) is 13.6. The third kappa shape index (κ3) is 2.32. The maximum Gasteiger partial charge on any atom is 0.307 e. The van der Waals surface area contributed by atoms with Crippen molar-refractivity contribution in [2.45, 2.75) is 25.3 Å². The first kappa shape index (κ1) is 12.5. The van der Waals surface area contributed by atoms with E-state index in [0.29, 0.717) is 11.4 Å². The van der Waals surface area contributed by atoms with Crippen molar-refractivity contribution in [2.24, 2.45) is 11.8 Å². The summed E-state index contributed by atoms with van der Waals surface area (Å²) in [6.07, 6.45) is 2.21. The summed E-state index contributed by atoms with van der Waals surface area (Å²) >= 11 is 5.94. The zero-order valence-electron chi connectivity index (χ0n) is 10.2. The highest BCUT2D eigenvalue weighted by atomic mass is 35.5. The van der Waals surface area contributed by atoms with Crippen LogP contribution < -0.4 is 5.32 Å². The number of aliphatic carboxylic acids is 1. The minimum atomic E-state index is -0.876. The lowest BCUT2D eigenvalue weighted by Crippen LogP contribution is -2.29. The van der Waals surface area contributed by atoms with Gasteiger partial charge in [0.15, 0.2) is 0 Å². The molecule has 0 spiro atoms. The van der Waals surface area contributed by atoms with Crippen molar-refractivity contribution < 1.29 is 14.7 Å². The number of fused-ring (bicyclic) bond motifs is 1. The van der Waals surface area contributed by atoms with Gasteiger partial charge in [0.2, 0.25) is 5.91 Å². The summed E-state index contributed by atoms with van der Waals surface area (Å²) in [4.78, 5) is 22.7. The minimum absolute atomic E-state index is 0.00480. The third-order valence-electron chi connectivity index (χ3n) is 3.94. The van der Waals surface area contributed by atoms with E-state index in [0.717, 1.165) is 18.4 Å². The Balaban J connectivity index is 1.67. The molecular formula is C14H14ClNO3. The number of aryl methyl sites for hydroxylation is 1. The number of benzene rings is 1. The number of nitrogens with one attached hydrogen (secondary N) is 1. The average Bonchev–Trinajstić information content (AvgIpc) is 3.08. The summed E-state index contributed by atoms with van der Waals surface area (Å²) in [6.45, 7) is 0. The van der Waals surface area contributed by atoms with Crippen molar-refractivity contribution >= 4 is 23.5 Å². The van der Waals surface area contributed by atoms with Crippen LogP contribution in [0.15, 0.2) is 18.2 Å². The van der Waals surface area contributed by atoms with Crippen LogP contribution in [0.5, 0.6) is 0 Å². The van der Waals surface area contributed by atoms with Crippen molar-refractivity contribution in [3.05, 3.63) is 34.3 Å². The van der Waals surface area contributed by atoms with Gasteiger partial charge in [0.05, 0.1) is 17.9 Å². The van der Waals surface area contributed by atoms with Crippen molar-refractivity contribution in [1.82, 2.24) is 5.32 Å². The number of carbonyl (C=O) groups excluding carboxylic acids is 1. The maximum absolute atomic E-state index is 12.0. The average molecular weight is 280 g/mol. The van der Waals surface area contributed by atoms with E-state index in [4.69, 9.17) is 16.7 Å². The number of halogens is 1. The van der Waals surface area contributed by atoms with Crippen molar-refractivity contribution in [3.8, 4) is 0 Å². The van der Waals surface area contributed by atoms with Gasteiger partial charge >= 0.3 is 5.97 Å². The molecule has 19 heavy (non-hydrogen) atoms. The van der Waals surface area contributed by atoms with Crippen LogP contribution in [-0.4, -0.2) is 17.0 Å². The molecule has 3 atom stereocenters. The molecule has 0 unspecified atom stereocenters. The second-order valence-corrected chi connectivity index (χ2v) is 5.67. The fourth-order valence-corrected chi connectivity index (χ4v) is 2.97. The Bertz CT molecular complexity index is 558. The lowest BCUT2D eigenvalue weighted by molar-refractivity contribution is -0.140. The molecule has 1 amide bonds. The van der Waals surface area contributed by atoms with Crippen LogP contribution in [0.2, 0.25) is 5.02 Å². The largest absolute Gasteiger partial charge is 0.481 e. The first-order valence-corrected chi connectivity index (χ1v) is 6.75. The standard InChI is InChI=1S/C14H14ClNO3/c15-8-2-3-9-7(5-8)1-4-12(9)16-13(17)10-6-11(10)14(18)19/h2-3,5,10-12H,1,4,6H2,(H,16,17)(H,18,19)/t10-,11+,12+/m0/s1. The van der Waals surface area contributed by atoms with Gasteiger partial charge in [0, 0.05) is 5.02 Å². The number of carboxylic acid groups (broad SMARTS) is 1. The molecule has 0 bridgehead atoms. The van der Waals surface area contributed by atoms with E-state index in [2.05, 4.69) is 5.32 Å². The molecule has 0 aromatic heterocycles. The fourth-order valence-electron chi connectivity index (χ4n) is 2.77.